The number of hydrogen-bond acceptors (Lipinski definition) is 4. The maximum Gasteiger partial charge on any atom is 0.134 e. The fraction of sp³-hybridized carbons (Fsp3) is 0.231. The van der Waals surface area contributed by atoms with E-state index in [0.29, 0.717) is 6.42 Å². The van der Waals surface area contributed by atoms with E-state index in [1.54, 1.807) is 24.5 Å². The summed E-state index contributed by atoms with van der Waals surface area (Å²) < 4.78 is 19.4. The van der Waals surface area contributed by atoms with Crippen LogP contribution in [0.4, 0.5) is 4.39 Å². The highest BCUT2D eigenvalue weighted by Crippen LogP contribution is 2.33. The van der Waals surface area contributed by atoms with E-state index in [1.807, 2.05) is 11.4 Å². The van der Waals surface area contributed by atoms with Crippen molar-refractivity contribution < 1.29 is 9.13 Å². The van der Waals surface area contributed by atoms with Gasteiger partial charge < -0.3 is 4.74 Å². The van der Waals surface area contributed by atoms with Crippen LogP contribution in [0, 0.1) is 5.82 Å². The van der Waals surface area contributed by atoms with Crippen LogP contribution in [0.5, 0.6) is 5.75 Å². The third-order valence-electron chi connectivity index (χ3n) is 2.83. The molecular formula is C13H14BrFN2OS. The summed E-state index contributed by atoms with van der Waals surface area (Å²) in [7, 11) is 1.62. The van der Waals surface area contributed by atoms with Crippen molar-refractivity contribution in [2.24, 2.45) is 5.84 Å². The summed E-state index contributed by atoms with van der Waals surface area (Å²) in [5, 5.41) is 1.94. The van der Waals surface area contributed by atoms with Gasteiger partial charge >= 0.3 is 0 Å². The topological polar surface area (TPSA) is 47.3 Å². The minimum atomic E-state index is -0.257. The minimum Gasteiger partial charge on any atom is -0.496 e. The van der Waals surface area contributed by atoms with E-state index in [-0.39, 0.29) is 11.9 Å². The first-order chi connectivity index (χ1) is 9.15. The molecule has 102 valence electrons. The second-order valence-corrected chi connectivity index (χ2v) is 5.81. The van der Waals surface area contributed by atoms with Gasteiger partial charge in [0.25, 0.3) is 0 Å². The number of benzene rings is 1. The molecule has 1 heterocycles. The molecule has 1 aromatic carbocycles. The van der Waals surface area contributed by atoms with Crippen LogP contribution in [0.3, 0.4) is 0 Å². The molecule has 0 saturated carbocycles. The van der Waals surface area contributed by atoms with Crippen LogP contribution in [0.2, 0.25) is 0 Å². The van der Waals surface area contributed by atoms with Crippen molar-refractivity contribution in [1.82, 2.24) is 5.43 Å². The number of nitrogens with one attached hydrogen (secondary N) is 1. The van der Waals surface area contributed by atoms with E-state index >= 15 is 0 Å². The normalized spacial score (nSPS) is 12.4. The van der Waals surface area contributed by atoms with Crippen molar-refractivity contribution in [3.63, 3.8) is 0 Å². The van der Waals surface area contributed by atoms with Gasteiger partial charge in [0.2, 0.25) is 0 Å². The van der Waals surface area contributed by atoms with Gasteiger partial charge in [0, 0.05) is 4.47 Å². The Morgan fingerprint density at radius 3 is 2.95 bits per heavy atom. The van der Waals surface area contributed by atoms with E-state index in [4.69, 9.17) is 10.6 Å². The lowest BCUT2D eigenvalue weighted by Gasteiger charge is -2.17. The van der Waals surface area contributed by atoms with Gasteiger partial charge in [-0.2, -0.15) is 0 Å². The Morgan fingerprint density at radius 2 is 2.26 bits per heavy atom. The fourth-order valence-corrected chi connectivity index (χ4v) is 3.21. The van der Waals surface area contributed by atoms with Gasteiger partial charge in [0.05, 0.1) is 18.0 Å². The largest absolute Gasteiger partial charge is 0.496 e. The van der Waals surface area contributed by atoms with Crippen LogP contribution in [0.1, 0.15) is 16.5 Å². The van der Waals surface area contributed by atoms with Crippen molar-refractivity contribution in [3.8, 4) is 5.75 Å². The van der Waals surface area contributed by atoms with E-state index in [9.17, 15) is 4.39 Å². The molecule has 0 spiro atoms. The highest BCUT2D eigenvalue weighted by Gasteiger charge is 2.18. The summed E-state index contributed by atoms with van der Waals surface area (Å²) in [6.07, 6.45) is 0.575. The third-order valence-corrected chi connectivity index (χ3v) is 4.61. The summed E-state index contributed by atoms with van der Waals surface area (Å²) in [5.74, 6) is 6.15. The second kappa shape index (κ2) is 6.47. The van der Waals surface area contributed by atoms with Gasteiger partial charge in [0.15, 0.2) is 0 Å². The first kappa shape index (κ1) is 14.5. The van der Waals surface area contributed by atoms with E-state index in [0.717, 1.165) is 20.7 Å². The maximum absolute atomic E-state index is 13.3. The van der Waals surface area contributed by atoms with E-state index in [1.165, 1.54) is 12.1 Å². The van der Waals surface area contributed by atoms with Crippen molar-refractivity contribution >= 4 is 27.3 Å². The molecule has 6 heteroatoms. The number of thiophene rings is 1. The Balaban J connectivity index is 2.26. The lowest BCUT2D eigenvalue weighted by Crippen LogP contribution is -2.29. The van der Waals surface area contributed by atoms with Crippen LogP contribution < -0.4 is 16.0 Å². The molecule has 1 unspecified atom stereocenters. The minimum absolute atomic E-state index is 0.118. The Labute approximate surface area is 123 Å². The van der Waals surface area contributed by atoms with Crippen molar-refractivity contribution in [1.29, 1.82) is 0 Å². The number of rotatable bonds is 5. The average Bonchev–Trinajstić information content (AvgIpc) is 2.88. The average molecular weight is 345 g/mol. The zero-order valence-electron chi connectivity index (χ0n) is 10.3. The predicted octanol–water partition coefficient (Wildman–Crippen LogP) is 3.41. The lowest BCUT2D eigenvalue weighted by atomic mass is 10.0. The lowest BCUT2D eigenvalue weighted by molar-refractivity contribution is 0.403. The summed E-state index contributed by atoms with van der Waals surface area (Å²) in [6, 6.07) is 6.40. The highest BCUT2D eigenvalue weighted by molar-refractivity contribution is 9.10. The zero-order valence-corrected chi connectivity index (χ0v) is 12.7. The van der Waals surface area contributed by atoms with Gasteiger partial charge in [-0.15, -0.1) is 11.3 Å². The van der Waals surface area contributed by atoms with Crippen molar-refractivity contribution in [2.45, 2.75) is 12.5 Å². The summed E-state index contributed by atoms with van der Waals surface area (Å²) in [5.41, 5.74) is 3.62. The molecule has 0 aliphatic carbocycles. The fourth-order valence-electron chi connectivity index (χ4n) is 1.88. The molecular weight excluding hydrogens is 331 g/mol. The van der Waals surface area contributed by atoms with Crippen LogP contribution in [0.25, 0.3) is 0 Å². The smallest absolute Gasteiger partial charge is 0.134 e. The molecule has 0 amide bonds. The molecule has 0 fully saturated rings. The number of nitrogens with two attached hydrogens (primary N) is 1. The van der Waals surface area contributed by atoms with Gasteiger partial charge in [0.1, 0.15) is 11.6 Å². The van der Waals surface area contributed by atoms with Crippen molar-refractivity contribution in [2.75, 3.05) is 7.11 Å². The number of halogens is 2. The van der Waals surface area contributed by atoms with E-state index in [2.05, 4.69) is 21.4 Å². The molecule has 0 bridgehead atoms. The summed E-state index contributed by atoms with van der Waals surface area (Å²) in [4.78, 5) is 1.00. The van der Waals surface area contributed by atoms with Crippen molar-refractivity contribution in [3.05, 3.63) is 50.4 Å². The van der Waals surface area contributed by atoms with Gasteiger partial charge in [-0.05, 0) is 41.6 Å². The number of ether oxygens (including phenoxy) is 1. The predicted molar refractivity (Wildman–Crippen MR) is 78.7 cm³/mol. The van der Waals surface area contributed by atoms with Crippen LogP contribution in [-0.2, 0) is 6.42 Å². The Kier molecular flexibility index (Phi) is 4.93. The Hall–Kier alpha value is -0.950. The number of methoxy groups -OCH3 is 1. The molecule has 0 radical (unpaired) electrons. The molecule has 2 aromatic rings. The Bertz CT molecular complexity index is 561. The molecule has 1 atom stereocenters. The quantitative estimate of drug-likeness (QED) is 0.645. The molecule has 0 aliphatic heterocycles. The van der Waals surface area contributed by atoms with Gasteiger partial charge in [-0.3, -0.25) is 11.3 Å². The highest BCUT2D eigenvalue weighted by atomic mass is 79.9. The monoisotopic (exact) mass is 344 g/mol. The first-order valence-corrected chi connectivity index (χ1v) is 7.34. The van der Waals surface area contributed by atoms with Crippen LogP contribution in [0.15, 0.2) is 34.1 Å². The molecule has 0 saturated heterocycles. The number of hydrazine groups is 1. The molecule has 0 aliphatic rings. The van der Waals surface area contributed by atoms with Gasteiger partial charge in [-0.1, -0.05) is 15.9 Å². The molecule has 2 rings (SSSR count). The number of hydrogen-bond donors (Lipinski definition) is 2. The second-order valence-electron chi connectivity index (χ2n) is 4.01. The molecule has 3 nitrogen and oxygen atoms in total. The molecule has 1 aromatic heterocycles. The van der Waals surface area contributed by atoms with Crippen LogP contribution >= 0.6 is 27.3 Å². The SMILES string of the molecule is COc1ccsc1C(Cc1cc(F)ccc1Br)NN. The van der Waals surface area contributed by atoms with E-state index < -0.39 is 0 Å². The Morgan fingerprint density at radius 1 is 1.47 bits per heavy atom. The molecule has 19 heavy (non-hydrogen) atoms. The zero-order chi connectivity index (χ0) is 13.8. The molecule has 3 N–H and O–H groups in total. The summed E-state index contributed by atoms with van der Waals surface area (Å²) >= 11 is 4.98. The maximum atomic E-state index is 13.3. The standard InChI is InChI=1S/C13H14BrFN2OS/c1-18-12-4-5-19-13(12)11(17-16)7-8-6-9(15)2-3-10(8)14/h2-6,11,17H,7,16H2,1H3. The summed E-state index contributed by atoms with van der Waals surface area (Å²) in [6.45, 7) is 0. The van der Waals surface area contributed by atoms with Gasteiger partial charge in [-0.25, -0.2) is 4.39 Å². The van der Waals surface area contributed by atoms with Crippen LogP contribution in [-0.4, -0.2) is 7.11 Å². The first-order valence-electron chi connectivity index (χ1n) is 5.67. The third kappa shape index (κ3) is 3.33.